The van der Waals surface area contributed by atoms with Gasteiger partial charge in [-0.05, 0) is 13.8 Å². The van der Waals surface area contributed by atoms with Gasteiger partial charge in [0.05, 0.1) is 6.51 Å². The van der Waals surface area contributed by atoms with E-state index in [2.05, 4.69) is 59.0 Å². The Morgan fingerprint density at radius 3 is 1.38 bits per heavy atom. The third-order valence-corrected chi connectivity index (χ3v) is 6.62. The molecule has 0 N–H and O–H groups in total. The smallest absolute Gasteiger partial charge is 0.0640 e. The number of alkyl halides is 2. The highest BCUT2D eigenvalue weighted by Crippen LogP contribution is 2.36. The van der Waals surface area contributed by atoms with Crippen molar-refractivity contribution >= 4 is 66.8 Å². The largest absolute Gasteiger partial charge is 0.0792 e. The van der Waals surface area contributed by atoms with E-state index in [4.69, 9.17) is 0 Å². The standard InChI is InChI=1S/C4H8I2S2/c1-3(5)7-8-4(2)6/h3-4H,1-2H3. The van der Waals surface area contributed by atoms with Gasteiger partial charge in [0.1, 0.15) is 0 Å². The Labute approximate surface area is 86.0 Å². The van der Waals surface area contributed by atoms with Crippen LogP contribution in [-0.2, 0) is 0 Å². The van der Waals surface area contributed by atoms with Crippen LogP contribution in [0.4, 0.5) is 0 Å². The van der Waals surface area contributed by atoms with Crippen LogP contribution in [-0.4, -0.2) is 6.51 Å². The molecule has 0 saturated carbocycles. The Bertz CT molecular complexity index is 48.0. The van der Waals surface area contributed by atoms with E-state index in [1.54, 1.807) is 0 Å². The molecule has 0 fully saturated rings. The number of hydrogen-bond donors (Lipinski definition) is 0. The minimum atomic E-state index is 0.731. The van der Waals surface area contributed by atoms with Crippen molar-refractivity contribution in [1.29, 1.82) is 0 Å². The first-order chi connectivity index (χ1) is 3.63. The van der Waals surface area contributed by atoms with Crippen molar-refractivity contribution in [3.05, 3.63) is 0 Å². The number of rotatable bonds is 3. The summed E-state index contributed by atoms with van der Waals surface area (Å²) in [4.78, 5) is 0. The summed E-state index contributed by atoms with van der Waals surface area (Å²) in [5.74, 6) is 0. The lowest BCUT2D eigenvalue weighted by Gasteiger charge is -2.02. The van der Waals surface area contributed by atoms with Gasteiger partial charge in [-0.25, -0.2) is 0 Å². The molecule has 0 rings (SSSR count). The summed E-state index contributed by atoms with van der Waals surface area (Å²) >= 11 is 4.83. The molecule has 0 nitrogen and oxygen atoms in total. The predicted octanol–water partition coefficient (Wildman–Crippen LogP) is 3.93. The predicted molar refractivity (Wildman–Crippen MR) is 62.1 cm³/mol. The van der Waals surface area contributed by atoms with Gasteiger partial charge in [-0.15, -0.1) is 0 Å². The first-order valence-electron chi connectivity index (χ1n) is 2.23. The molecule has 8 heavy (non-hydrogen) atoms. The molecule has 0 radical (unpaired) electrons. The minimum Gasteiger partial charge on any atom is -0.0792 e. The molecular formula is C4H8I2S2. The van der Waals surface area contributed by atoms with Gasteiger partial charge < -0.3 is 0 Å². The maximum atomic E-state index is 2.41. The van der Waals surface area contributed by atoms with E-state index in [0.29, 0.717) is 0 Å². The van der Waals surface area contributed by atoms with Crippen LogP contribution in [0.25, 0.3) is 0 Å². The molecule has 0 amide bonds. The molecule has 0 aromatic carbocycles. The maximum Gasteiger partial charge on any atom is 0.0640 e. The maximum absolute atomic E-state index is 2.41. The molecule has 50 valence electrons. The molecule has 0 aliphatic rings. The van der Waals surface area contributed by atoms with Gasteiger partial charge in [0.15, 0.2) is 0 Å². The highest BCUT2D eigenvalue weighted by atomic mass is 127. The Morgan fingerprint density at radius 2 is 1.25 bits per heavy atom. The average molecular weight is 374 g/mol. The van der Waals surface area contributed by atoms with Crippen LogP contribution >= 0.6 is 66.8 Å². The van der Waals surface area contributed by atoms with Crippen molar-refractivity contribution in [2.45, 2.75) is 20.4 Å². The highest BCUT2D eigenvalue weighted by Gasteiger charge is 1.99. The summed E-state index contributed by atoms with van der Waals surface area (Å²) < 4.78 is 1.46. The Hall–Kier alpha value is 2.16. The van der Waals surface area contributed by atoms with Crippen molar-refractivity contribution in [3.63, 3.8) is 0 Å². The fourth-order valence-electron chi connectivity index (χ4n) is 0.153. The Balaban J connectivity index is 2.93. The molecule has 0 bridgehead atoms. The molecule has 0 spiro atoms. The quantitative estimate of drug-likeness (QED) is 0.417. The van der Waals surface area contributed by atoms with E-state index in [1.807, 2.05) is 21.6 Å². The fourth-order valence-corrected chi connectivity index (χ4v) is 3.54. The Kier molecular flexibility index (Phi) is 7.50. The van der Waals surface area contributed by atoms with E-state index in [1.165, 1.54) is 0 Å². The van der Waals surface area contributed by atoms with Crippen molar-refractivity contribution in [3.8, 4) is 0 Å². The van der Waals surface area contributed by atoms with Crippen LogP contribution in [0.3, 0.4) is 0 Å². The molecule has 0 aliphatic heterocycles. The molecule has 0 aliphatic carbocycles. The summed E-state index contributed by atoms with van der Waals surface area (Å²) in [5, 5.41) is 0. The van der Waals surface area contributed by atoms with Gasteiger partial charge >= 0.3 is 0 Å². The highest BCUT2D eigenvalue weighted by molar-refractivity contribution is 14.1. The number of halogens is 2. The van der Waals surface area contributed by atoms with E-state index in [0.717, 1.165) is 6.51 Å². The van der Waals surface area contributed by atoms with Crippen LogP contribution in [0, 0.1) is 0 Å². The monoisotopic (exact) mass is 374 g/mol. The molecule has 0 saturated heterocycles. The fraction of sp³-hybridized carbons (Fsp3) is 1.00. The van der Waals surface area contributed by atoms with Gasteiger partial charge in [-0.1, -0.05) is 66.8 Å². The van der Waals surface area contributed by atoms with Crippen LogP contribution in [0.15, 0.2) is 0 Å². The average Bonchev–Trinajstić information content (AvgIpc) is 1.61. The van der Waals surface area contributed by atoms with E-state index >= 15 is 0 Å². The number of hydrogen-bond acceptors (Lipinski definition) is 2. The van der Waals surface area contributed by atoms with Crippen LogP contribution < -0.4 is 0 Å². The third-order valence-electron chi connectivity index (χ3n) is 0.321. The lowest BCUT2D eigenvalue weighted by atomic mass is 11.0. The molecule has 2 unspecified atom stereocenters. The van der Waals surface area contributed by atoms with Gasteiger partial charge in [0.25, 0.3) is 0 Å². The molecule has 4 heteroatoms. The molecule has 2 atom stereocenters. The SMILES string of the molecule is CC(I)SSC(C)I. The Morgan fingerprint density at radius 1 is 1.00 bits per heavy atom. The topological polar surface area (TPSA) is 0 Å². The van der Waals surface area contributed by atoms with Crippen LogP contribution in [0.1, 0.15) is 13.8 Å². The zero-order valence-electron chi connectivity index (χ0n) is 4.73. The zero-order chi connectivity index (χ0) is 6.57. The molecule has 0 aromatic heterocycles. The summed E-state index contributed by atoms with van der Waals surface area (Å²) in [7, 11) is 3.87. The first kappa shape index (κ1) is 10.2. The van der Waals surface area contributed by atoms with Crippen LogP contribution in [0.2, 0.25) is 0 Å². The van der Waals surface area contributed by atoms with Gasteiger partial charge in [0, 0.05) is 0 Å². The second-order valence-electron chi connectivity index (χ2n) is 1.28. The van der Waals surface area contributed by atoms with Crippen molar-refractivity contribution in [1.82, 2.24) is 0 Å². The summed E-state index contributed by atoms with van der Waals surface area (Å²) in [6.45, 7) is 4.41. The van der Waals surface area contributed by atoms with Crippen molar-refractivity contribution in [2.75, 3.05) is 0 Å². The summed E-state index contributed by atoms with van der Waals surface area (Å²) in [6.07, 6.45) is 0. The first-order valence-corrected chi connectivity index (χ1v) is 7.00. The van der Waals surface area contributed by atoms with E-state index in [9.17, 15) is 0 Å². The van der Waals surface area contributed by atoms with Gasteiger partial charge in [-0.3, -0.25) is 0 Å². The lowest BCUT2D eigenvalue weighted by Crippen LogP contribution is -1.79. The van der Waals surface area contributed by atoms with Gasteiger partial charge in [0.2, 0.25) is 0 Å². The second-order valence-corrected chi connectivity index (χ2v) is 9.66. The normalized spacial score (nSPS) is 18.0. The minimum absolute atomic E-state index is 0.731. The molecular weight excluding hydrogens is 366 g/mol. The molecule has 0 aromatic rings. The second kappa shape index (κ2) is 5.91. The summed E-state index contributed by atoms with van der Waals surface area (Å²) in [6, 6.07) is 0. The zero-order valence-corrected chi connectivity index (χ0v) is 10.7. The molecule has 0 heterocycles. The van der Waals surface area contributed by atoms with E-state index in [-0.39, 0.29) is 0 Å². The van der Waals surface area contributed by atoms with Crippen molar-refractivity contribution < 1.29 is 0 Å². The van der Waals surface area contributed by atoms with E-state index < -0.39 is 0 Å². The van der Waals surface area contributed by atoms with Crippen molar-refractivity contribution in [2.24, 2.45) is 0 Å². The van der Waals surface area contributed by atoms with Gasteiger partial charge in [-0.2, -0.15) is 0 Å². The summed E-state index contributed by atoms with van der Waals surface area (Å²) in [5.41, 5.74) is 0. The third kappa shape index (κ3) is 8.16. The van der Waals surface area contributed by atoms with Crippen LogP contribution in [0.5, 0.6) is 0 Å². The lowest BCUT2D eigenvalue weighted by molar-refractivity contribution is 1.48.